The Morgan fingerprint density at radius 2 is 2.36 bits per heavy atom. The Kier molecular flexibility index (Phi) is 1.68. The largest absolute Gasteiger partial charge is 0.356 e. The molecule has 1 N–H and O–H groups in total. The van der Waals surface area contributed by atoms with Crippen molar-refractivity contribution >= 4 is 5.91 Å². The molecular formula is C9H13NO. The molecule has 60 valence electrons. The molecule has 0 aromatic heterocycles. The van der Waals surface area contributed by atoms with Gasteiger partial charge in [0.15, 0.2) is 0 Å². The van der Waals surface area contributed by atoms with Crippen molar-refractivity contribution in [1.82, 2.24) is 5.32 Å². The average Bonchev–Trinajstić information content (AvgIpc) is 2.06. The minimum absolute atomic E-state index is 0.192. The minimum atomic E-state index is 0.192. The van der Waals surface area contributed by atoms with Crippen LogP contribution in [0.25, 0.3) is 0 Å². The lowest BCUT2D eigenvalue weighted by molar-refractivity contribution is -0.127. The molecule has 0 bridgehead atoms. The topological polar surface area (TPSA) is 29.1 Å². The molecule has 1 aliphatic carbocycles. The van der Waals surface area contributed by atoms with Crippen molar-refractivity contribution in [2.24, 2.45) is 11.8 Å². The van der Waals surface area contributed by atoms with Gasteiger partial charge in [-0.1, -0.05) is 12.2 Å². The van der Waals surface area contributed by atoms with Crippen molar-refractivity contribution in [2.45, 2.75) is 19.3 Å². The van der Waals surface area contributed by atoms with Crippen LogP contribution in [-0.2, 0) is 4.79 Å². The fourth-order valence-electron chi connectivity index (χ4n) is 2.01. The Bertz CT molecular complexity index is 198. The van der Waals surface area contributed by atoms with Gasteiger partial charge in [-0.05, 0) is 25.2 Å². The summed E-state index contributed by atoms with van der Waals surface area (Å²) in [6.45, 7) is 0.883. The Morgan fingerprint density at radius 3 is 3.18 bits per heavy atom. The van der Waals surface area contributed by atoms with E-state index in [4.69, 9.17) is 0 Å². The zero-order valence-corrected chi connectivity index (χ0v) is 6.55. The molecule has 1 aliphatic heterocycles. The van der Waals surface area contributed by atoms with E-state index in [9.17, 15) is 4.79 Å². The summed E-state index contributed by atoms with van der Waals surface area (Å²) in [6, 6.07) is 0. The van der Waals surface area contributed by atoms with Crippen LogP contribution >= 0.6 is 0 Å². The lowest BCUT2D eigenvalue weighted by Crippen LogP contribution is -2.41. The highest BCUT2D eigenvalue weighted by Crippen LogP contribution is 2.29. The van der Waals surface area contributed by atoms with Crippen LogP contribution in [0.1, 0.15) is 19.3 Å². The van der Waals surface area contributed by atoms with E-state index in [1.54, 1.807) is 0 Å². The number of allylic oxidation sites excluding steroid dienone is 1. The zero-order chi connectivity index (χ0) is 7.68. The van der Waals surface area contributed by atoms with Gasteiger partial charge >= 0.3 is 0 Å². The molecule has 2 rings (SSSR count). The SMILES string of the molecule is O=C1NCC[C@H]2CCC=C[C@H]12. The summed E-state index contributed by atoms with van der Waals surface area (Å²) in [5.41, 5.74) is 0. The van der Waals surface area contributed by atoms with Crippen molar-refractivity contribution in [1.29, 1.82) is 0 Å². The highest BCUT2D eigenvalue weighted by molar-refractivity contribution is 5.81. The molecule has 0 radical (unpaired) electrons. The van der Waals surface area contributed by atoms with Crippen LogP contribution in [0.15, 0.2) is 12.2 Å². The van der Waals surface area contributed by atoms with E-state index in [1.807, 2.05) is 0 Å². The number of nitrogens with one attached hydrogen (secondary N) is 1. The Balaban J connectivity index is 2.16. The number of fused-ring (bicyclic) bond motifs is 1. The Labute approximate surface area is 66.7 Å². The summed E-state index contributed by atoms with van der Waals surface area (Å²) in [5.74, 6) is 1.06. The standard InChI is InChI=1S/C9H13NO/c11-9-8-4-2-1-3-7(8)5-6-10-9/h2,4,7-8H,1,3,5-6H2,(H,10,11)/t7-,8+/m1/s1. The smallest absolute Gasteiger partial charge is 0.227 e. The van der Waals surface area contributed by atoms with Gasteiger partial charge in [0.1, 0.15) is 0 Å². The van der Waals surface area contributed by atoms with Gasteiger partial charge in [-0.2, -0.15) is 0 Å². The monoisotopic (exact) mass is 151 g/mol. The molecule has 0 unspecified atom stereocenters. The van der Waals surface area contributed by atoms with Crippen LogP contribution in [0.5, 0.6) is 0 Å². The molecule has 1 saturated heterocycles. The fraction of sp³-hybridized carbons (Fsp3) is 0.667. The summed E-state index contributed by atoms with van der Waals surface area (Å²) in [5, 5.41) is 2.89. The summed E-state index contributed by atoms with van der Waals surface area (Å²) in [4.78, 5) is 11.3. The summed E-state index contributed by atoms with van der Waals surface area (Å²) >= 11 is 0. The lowest BCUT2D eigenvalue weighted by Gasteiger charge is -2.31. The van der Waals surface area contributed by atoms with Gasteiger partial charge in [0.2, 0.25) is 5.91 Å². The normalized spacial score (nSPS) is 36.2. The number of hydrogen-bond donors (Lipinski definition) is 1. The van der Waals surface area contributed by atoms with Gasteiger partial charge in [0.25, 0.3) is 0 Å². The van der Waals surface area contributed by atoms with Gasteiger partial charge in [-0.25, -0.2) is 0 Å². The molecule has 1 amide bonds. The summed E-state index contributed by atoms with van der Waals surface area (Å²) < 4.78 is 0. The lowest BCUT2D eigenvalue weighted by atomic mass is 9.79. The van der Waals surface area contributed by atoms with E-state index in [2.05, 4.69) is 17.5 Å². The average molecular weight is 151 g/mol. The van der Waals surface area contributed by atoms with Gasteiger partial charge in [-0.15, -0.1) is 0 Å². The van der Waals surface area contributed by atoms with Crippen LogP contribution in [0.3, 0.4) is 0 Å². The number of amides is 1. The first-order valence-corrected chi connectivity index (χ1v) is 4.32. The summed E-state index contributed by atoms with van der Waals surface area (Å²) in [6.07, 6.45) is 7.73. The third kappa shape index (κ3) is 1.17. The number of hydrogen-bond acceptors (Lipinski definition) is 1. The van der Waals surface area contributed by atoms with Crippen LogP contribution < -0.4 is 5.32 Å². The molecule has 0 saturated carbocycles. The van der Waals surface area contributed by atoms with Crippen molar-refractivity contribution in [3.05, 3.63) is 12.2 Å². The van der Waals surface area contributed by atoms with E-state index in [0.717, 1.165) is 13.0 Å². The quantitative estimate of drug-likeness (QED) is 0.516. The first kappa shape index (κ1) is 6.89. The second kappa shape index (κ2) is 2.68. The van der Waals surface area contributed by atoms with E-state index in [-0.39, 0.29) is 11.8 Å². The maximum Gasteiger partial charge on any atom is 0.227 e. The maximum atomic E-state index is 11.3. The first-order chi connectivity index (χ1) is 5.38. The van der Waals surface area contributed by atoms with Gasteiger partial charge in [0, 0.05) is 6.54 Å². The zero-order valence-electron chi connectivity index (χ0n) is 6.55. The molecule has 2 aliphatic rings. The predicted octanol–water partition coefficient (Wildman–Crippen LogP) is 1.09. The minimum Gasteiger partial charge on any atom is -0.356 e. The van der Waals surface area contributed by atoms with Gasteiger partial charge < -0.3 is 5.32 Å². The molecular weight excluding hydrogens is 138 g/mol. The summed E-state index contributed by atoms with van der Waals surface area (Å²) in [7, 11) is 0. The van der Waals surface area contributed by atoms with Crippen LogP contribution in [0.2, 0.25) is 0 Å². The molecule has 2 heteroatoms. The fourth-order valence-corrected chi connectivity index (χ4v) is 2.01. The first-order valence-electron chi connectivity index (χ1n) is 4.32. The molecule has 1 heterocycles. The van der Waals surface area contributed by atoms with Crippen LogP contribution in [-0.4, -0.2) is 12.5 Å². The van der Waals surface area contributed by atoms with E-state index < -0.39 is 0 Å². The van der Waals surface area contributed by atoms with Crippen molar-refractivity contribution in [3.63, 3.8) is 0 Å². The third-order valence-electron chi connectivity index (χ3n) is 2.67. The van der Waals surface area contributed by atoms with Crippen molar-refractivity contribution < 1.29 is 4.79 Å². The van der Waals surface area contributed by atoms with Gasteiger partial charge in [0.05, 0.1) is 5.92 Å². The molecule has 2 nitrogen and oxygen atoms in total. The number of rotatable bonds is 0. The number of piperidine rings is 1. The second-order valence-electron chi connectivity index (χ2n) is 3.37. The van der Waals surface area contributed by atoms with E-state index >= 15 is 0 Å². The molecule has 0 aromatic carbocycles. The molecule has 0 aromatic rings. The Morgan fingerprint density at radius 1 is 1.45 bits per heavy atom. The van der Waals surface area contributed by atoms with E-state index in [1.165, 1.54) is 12.8 Å². The highest BCUT2D eigenvalue weighted by atomic mass is 16.1. The molecule has 1 fully saturated rings. The number of carbonyl (C=O) groups excluding carboxylic acids is 1. The maximum absolute atomic E-state index is 11.3. The van der Waals surface area contributed by atoms with E-state index in [0.29, 0.717) is 5.92 Å². The van der Waals surface area contributed by atoms with Crippen molar-refractivity contribution in [2.75, 3.05) is 6.54 Å². The molecule has 2 atom stereocenters. The Hall–Kier alpha value is -0.790. The van der Waals surface area contributed by atoms with Crippen LogP contribution in [0.4, 0.5) is 0 Å². The van der Waals surface area contributed by atoms with Crippen LogP contribution in [0, 0.1) is 11.8 Å². The molecule has 0 spiro atoms. The third-order valence-corrected chi connectivity index (χ3v) is 2.67. The van der Waals surface area contributed by atoms with Gasteiger partial charge in [-0.3, -0.25) is 4.79 Å². The highest BCUT2D eigenvalue weighted by Gasteiger charge is 2.30. The molecule has 11 heavy (non-hydrogen) atoms. The number of carbonyl (C=O) groups is 1. The second-order valence-corrected chi connectivity index (χ2v) is 3.37. The predicted molar refractivity (Wildman–Crippen MR) is 43.0 cm³/mol. The van der Waals surface area contributed by atoms with Crippen molar-refractivity contribution in [3.8, 4) is 0 Å².